The van der Waals surface area contributed by atoms with E-state index < -0.39 is 12.1 Å². The molecule has 1 aromatic carbocycles. The van der Waals surface area contributed by atoms with E-state index in [0.29, 0.717) is 12.2 Å². The van der Waals surface area contributed by atoms with Crippen LogP contribution in [0.5, 0.6) is 11.5 Å². The second-order valence-corrected chi connectivity index (χ2v) is 5.25. The SMILES string of the molecule is CCC(=O)OCOC(=O)N(C)C(C)Cc1ccc2c(c1)OCO2. The van der Waals surface area contributed by atoms with Gasteiger partial charge >= 0.3 is 12.1 Å². The van der Waals surface area contributed by atoms with E-state index in [4.69, 9.17) is 18.9 Å². The van der Waals surface area contributed by atoms with Crippen LogP contribution in [0.3, 0.4) is 0 Å². The van der Waals surface area contributed by atoms with Crippen LogP contribution in [0.2, 0.25) is 0 Å². The highest BCUT2D eigenvalue weighted by Gasteiger charge is 2.19. The Labute approximate surface area is 135 Å². The van der Waals surface area contributed by atoms with Gasteiger partial charge in [0, 0.05) is 19.5 Å². The van der Waals surface area contributed by atoms with E-state index in [9.17, 15) is 9.59 Å². The molecule has 1 aliphatic rings. The minimum absolute atomic E-state index is 0.0928. The molecule has 0 aliphatic carbocycles. The molecule has 0 saturated carbocycles. The Morgan fingerprint density at radius 2 is 2.00 bits per heavy atom. The number of amides is 1. The summed E-state index contributed by atoms with van der Waals surface area (Å²) in [5.74, 6) is 1.03. The Hall–Kier alpha value is -2.44. The van der Waals surface area contributed by atoms with Crippen LogP contribution in [0.15, 0.2) is 18.2 Å². The van der Waals surface area contributed by atoms with Crippen molar-refractivity contribution in [2.75, 3.05) is 20.6 Å². The van der Waals surface area contributed by atoms with Gasteiger partial charge in [-0.05, 0) is 31.0 Å². The fourth-order valence-corrected chi connectivity index (χ4v) is 2.08. The van der Waals surface area contributed by atoms with Crippen molar-refractivity contribution in [1.29, 1.82) is 0 Å². The third-order valence-corrected chi connectivity index (χ3v) is 3.61. The molecule has 126 valence electrons. The topological polar surface area (TPSA) is 74.3 Å². The molecule has 2 rings (SSSR count). The molecule has 7 nitrogen and oxygen atoms in total. The maximum absolute atomic E-state index is 11.9. The van der Waals surface area contributed by atoms with E-state index >= 15 is 0 Å². The molecule has 1 aromatic rings. The van der Waals surface area contributed by atoms with Crippen molar-refractivity contribution in [3.63, 3.8) is 0 Å². The predicted molar refractivity (Wildman–Crippen MR) is 81.2 cm³/mol. The molecule has 0 fully saturated rings. The van der Waals surface area contributed by atoms with Crippen LogP contribution in [-0.4, -0.2) is 43.6 Å². The van der Waals surface area contributed by atoms with Crippen molar-refractivity contribution in [1.82, 2.24) is 4.90 Å². The van der Waals surface area contributed by atoms with E-state index in [-0.39, 0.29) is 26.0 Å². The molecule has 1 heterocycles. The molecular weight excluding hydrogens is 302 g/mol. The van der Waals surface area contributed by atoms with E-state index in [0.717, 1.165) is 11.3 Å². The first-order valence-electron chi connectivity index (χ1n) is 7.45. The van der Waals surface area contributed by atoms with Crippen molar-refractivity contribution in [2.45, 2.75) is 32.7 Å². The third kappa shape index (κ3) is 4.51. The number of benzene rings is 1. The van der Waals surface area contributed by atoms with E-state index in [1.807, 2.05) is 25.1 Å². The van der Waals surface area contributed by atoms with Gasteiger partial charge in [0.05, 0.1) is 0 Å². The van der Waals surface area contributed by atoms with Gasteiger partial charge in [-0.15, -0.1) is 0 Å². The van der Waals surface area contributed by atoms with Gasteiger partial charge in [0.2, 0.25) is 13.6 Å². The Morgan fingerprint density at radius 3 is 2.74 bits per heavy atom. The van der Waals surface area contributed by atoms with Gasteiger partial charge in [0.25, 0.3) is 0 Å². The van der Waals surface area contributed by atoms with Crippen molar-refractivity contribution in [3.8, 4) is 11.5 Å². The molecule has 0 radical (unpaired) electrons. The molecular formula is C16H21NO6. The number of carbonyl (C=O) groups excluding carboxylic acids is 2. The van der Waals surface area contributed by atoms with Crippen molar-refractivity contribution >= 4 is 12.1 Å². The Kier molecular flexibility index (Phi) is 5.67. The number of fused-ring (bicyclic) bond motifs is 1. The second kappa shape index (κ2) is 7.71. The molecule has 1 aliphatic heterocycles. The normalized spacial score (nSPS) is 13.3. The highest BCUT2D eigenvalue weighted by Crippen LogP contribution is 2.32. The minimum atomic E-state index is -0.540. The summed E-state index contributed by atoms with van der Waals surface area (Å²) in [5, 5.41) is 0. The molecule has 0 bridgehead atoms. The number of rotatable bonds is 6. The predicted octanol–water partition coefficient (Wildman–Crippen LogP) is 2.33. The standard InChI is InChI=1S/C16H21NO6/c1-4-15(18)22-10-23-16(19)17(3)11(2)7-12-5-6-13-14(8-12)21-9-20-13/h5-6,8,11H,4,7,9-10H2,1-3H3. The van der Waals surface area contributed by atoms with E-state index in [2.05, 4.69) is 0 Å². The Morgan fingerprint density at radius 1 is 1.26 bits per heavy atom. The quantitative estimate of drug-likeness (QED) is 0.591. The number of nitrogens with zero attached hydrogens (tertiary/aromatic N) is 1. The van der Waals surface area contributed by atoms with Crippen LogP contribution in [0.1, 0.15) is 25.8 Å². The highest BCUT2D eigenvalue weighted by atomic mass is 16.7. The fraction of sp³-hybridized carbons (Fsp3) is 0.500. The molecule has 1 atom stereocenters. The van der Waals surface area contributed by atoms with Crippen LogP contribution in [0.25, 0.3) is 0 Å². The summed E-state index contributed by atoms with van der Waals surface area (Å²) >= 11 is 0. The molecule has 23 heavy (non-hydrogen) atoms. The zero-order valence-electron chi connectivity index (χ0n) is 13.5. The number of likely N-dealkylation sites (N-methyl/N-ethyl adjacent to an activating group) is 1. The van der Waals surface area contributed by atoms with Gasteiger partial charge in [-0.1, -0.05) is 13.0 Å². The van der Waals surface area contributed by atoms with Crippen molar-refractivity contribution in [2.24, 2.45) is 0 Å². The molecule has 0 spiro atoms. The maximum Gasteiger partial charge on any atom is 0.412 e. The average Bonchev–Trinajstić information content (AvgIpc) is 3.01. The summed E-state index contributed by atoms with van der Waals surface area (Å²) in [7, 11) is 1.64. The van der Waals surface area contributed by atoms with Gasteiger partial charge in [-0.25, -0.2) is 4.79 Å². The molecule has 0 aromatic heterocycles. The second-order valence-electron chi connectivity index (χ2n) is 5.25. The summed E-state index contributed by atoms with van der Waals surface area (Å²) < 4.78 is 20.2. The van der Waals surface area contributed by atoms with E-state index in [1.165, 1.54) is 4.90 Å². The number of esters is 1. The number of carbonyl (C=O) groups is 2. The lowest BCUT2D eigenvalue weighted by molar-refractivity contribution is -0.152. The first kappa shape index (κ1) is 16.9. The maximum atomic E-state index is 11.9. The highest BCUT2D eigenvalue weighted by molar-refractivity contribution is 5.70. The van der Waals surface area contributed by atoms with Gasteiger partial charge in [-0.2, -0.15) is 0 Å². The molecule has 0 saturated heterocycles. The minimum Gasteiger partial charge on any atom is -0.454 e. The summed E-state index contributed by atoms with van der Waals surface area (Å²) in [5.41, 5.74) is 1.03. The summed E-state index contributed by atoms with van der Waals surface area (Å²) in [4.78, 5) is 24.3. The van der Waals surface area contributed by atoms with Gasteiger partial charge < -0.3 is 23.8 Å². The van der Waals surface area contributed by atoms with Crippen molar-refractivity contribution in [3.05, 3.63) is 23.8 Å². The summed E-state index contributed by atoms with van der Waals surface area (Å²) in [6.45, 7) is 3.44. The van der Waals surface area contributed by atoms with Crippen molar-refractivity contribution < 1.29 is 28.5 Å². The first-order valence-corrected chi connectivity index (χ1v) is 7.45. The van der Waals surface area contributed by atoms with Crippen LogP contribution < -0.4 is 9.47 Å². The zero-order valence-corrected chi connectivity index (χ0v) is 13.5. The van der Waals surface area contributed by atoms with E-state index in [1.54, 1.807) is 14.0 Å². The zero-order chi connectivity index (χ0) is 16.8. The fourth-order valence-electron chi connectivity index (χ4n) is 2.08. The lowest BCUT2D eigenvalue weighted by Crippen LogP contribution is -2.37. The molecule has 1 unspecified atom stereocenters. The van der Waals surface area contributed by atoms with Crippen LogP contribution >= 0.6 is 0 Å². The van der Waals surface area contributed by atoms with Crippen LogP contribution in [-0.2, 0) is 20.7 Å². The third-order valence-electron chi connectivity index (χ3n) is 3.61. The largest absolute Gasteiger partial charge is 0.454 e. The number of ether oxygens (including phenoxy) is 4. The molecule has 1 amide bonds. The summed E-state index contributed by atoms with van der Waals surface area (Å²) in [6, 6.07) is 5.60. The average molecular weight is 323 g/mol. The number of hydrogen-bond donors (Lipinski definition) is 0. The molecule has 7 heteroatoms. The van der Waals surface area contributed by atoms with Gasteiger partial charge in [-0.3, -0.25) is 4.79 Å². The lowest BCUT2D eigenvalue weighted by Gasteiger charge is -2.24. The number of hydrogen-bond acceptors (Lipinski definition) is 6. The summed E-state index contributed by atoms with van der Waals surface area (Å²) in [6.07, 6.45) is 0.340. The molecule has 0 N–H and O–H groups in total. The Balaban J connectivity index is 1.83. The van der Waals surface area contributed by atoms with Crippen LogP contribution in [0, 0.1) is 0 Å². The smallest absolute Gasteiger partial charge is 0.412 e. The first-order chi connectivity index (χ1) is 11.0. The monoisotopic (exact) mass is 323 g/mol. The lowest BCUT2D eigenvalue weighted by atomic mass is 10.1. The van der Waals surface area contributed by atoms with Gasteiger partial charge in [0.15, 0.2) is 11.5 Å². The Bertz CT molecular complexity index is 574. The van der Waals surface area contributed by atoms with Crippen LogP contribution in [0.4, 0.5) is 4.79 Å². The van der Waals surface area contributed by atoms with Gasteiger partial charge in [0.1, 0.15) is 0 Å².